The van der Waals surface area contributed by atoms with Gasteiger partial charge < -0.3 is 10.1 Å². The summed E-state index contributed by atoms with van der Waals surface area (Å²) in [5.74, 6) is -0.106. The molecule has 0 radical (unpaired) electrons. The average molecular weight is 225 g/mol. The van der Waals surface area contributed by atoms with Gasteiger partial charge in [-0.3, -0.25) is 4.79 Å². The number of hydrogen-bond donors (Lipinski definition) is 1. The van der Waals surface area contributed by atoms with Crippen molar-refractivity contribution in [3.05, 3.63) is 29.1 Å². The molecule has 0 spiro atoms. The number of halogens is 1. The fourth-order valence-electron chi connectivity index (χ4n) is 1.56. The minimum atomic E-state index is -0.388. The minimum Gasteiger partial charge on any atom is -0.496 e. The van der Waals surface area contributed by atoms with Gasteiger partial charge in [-0.15, -0.1) is 0 Å². The van der Waals surface area contributed by atoms with Crippen LogP contribution in [0.3, 0.4) is 0 Å². The number of ketones is 1. The molecule has 0 saturated heterocycles. The van der Waals surface area contributed by atoms with Gasteiger partial charge in [-0.25, -0.2) is 4.39 Å². The Kier molecular flexibility index (Phi) is 4.43. The molecule has 0 aliphatic carbocycles. The first-order valence-electron chi connectivity index (χ1n) is 5.18. The van der Waals surface area contributed by atoms with E-state index in [0.717, 1.165) is 0 Å². The molecule has 0 amide bonds. The molecule has 1 N–H and O–H groups in total. The number of rotatable bonds is 5. The summed E-state index contributed by atoms with van der Waals surface area (Å²) in [5, 5.41) is 2.74. The van der Waals surface area contributed by atoms with Crippen molar-refractivity contribution in [1.29, 1.82) is 0 Å². The third kappa shape index (κ3) is 2.58. The molecule has 0 aromatic heterocycles. The van der Waals surface area contributed by atoms with E-state index < -0.39 is 0 Å². The number of likely N-dealkylation sites (N-methyl/N-ethyl adjacent to an activating group) is 1. The molecule has 88 valence electrons. The minimum absolute atomic E-state index is 0.151. The lowest BCUT2D eigenvalue weighted by molar-refractivity contribution is 0.0992. The van der Waals surface area contributed by atoms with Crippen molar-refractivity contribution in [1.82, 2.24) is 5.32 Å². The molecule has 0 unspecified atom stereocenters. The lowest BCUT2D eigenvalue weighted by Gasteiger charge is -2.10. The Bertz CT molecular complexity index is 391. The molecule has 0 aliphatic heterocycles. The molecule has 3 nitrogen and oxygen atoms in total. The van der Waals surface area contributed by atoms with E-state index in [1.165, 1.54) is 13.2 Å². The fraction of sp³-hybridized carbons (Fsp3) is 0.417. The maximum Gasteiger partial charge on any atom is 0.176 e. The molecule has 1 aromatic rings. The molecule has 1 rings (SSSR count). The maximum absolute atomic E-state index is 13.6. The molecular formula is C12H16FNO2. The van der Waals surface area contributed by atoms with Gasteiger partial charge in [0.05, 0.1) is 13.7 Å². The van der Waals surface area contributed by atoms with Gasteiger partial charge in [0, 0.05) is 11.1 Å². The molecule has 0 bridgehead atoms. The maximum atomic E-state index is 13.6. The highest BCUT2D eigenvalue weighted by atomic mass is 19.1. The van der Waals surface area contributed by atoms with Crippen molar-refractivity contribution in [2.45, 2.75) is 13.3 Å². The normalized spacial score (nSPS) is 10.2. The van der Waals surface area contributed by atoms with Crippen molar-refractivity contribution < 1.29 is 13.9 Å². The second-order valence-corrected chi connectivity index (χ2v) is 3.45. The second kappa shape index (κ2) is 5.61. The average Bonchev–Trinajstić information content (AvgIpc) is 2.28. The van der Waals surface area contributed by atoms with E-state index in [1.54, 1.807) is 13.1 Å². The van der Waals surface area contributed by atoms with Gasteiger partial charge in [-0.1, -0.05) is 6.92 Å². The Morgan fingerprint density at radius 3 is 2.69 bits per heavy atom. The van der Waals surface area contributed by atoms with Crippen LogP contribution < -0.4 is 10.1 Å². The van der Waals surface area contributed by atoms with Crippen LogP contribution in [0.4, 0.5) is 4.39 Å². The van der Waals surface area contributed by atoms with Crippen LogP contribution in [-0.2, 0) is 6.42 Å². The SMILES string of the molecule is CCc1c(F)cc(C(=O)CNC)cc1OC. The van der Waals surface area contributed by atoms with Gasteiger partial charge in [0.1, 0.15) is 11.6 Å². The fourth-order valence-corrected chi connectivity index (χ4v) is 1.56. The van der Waals surface area contributed by atoms with E-state index in [2.05, 4.69) is 5.32 Å². The number of benzene rings is 1. The van der Waals surface area contributed by atoms with Crippen molar-refractivity contribution in [2.75, 3.05) is 20.7 Å². The highest BCUT2D eigenvalue weighted by Crippen LogP contribution is 2.24. The number of ether oxygens (including phenoxy) is 1. The molecule has 1 aromatic carbocycles. The quantitative estimate of drug-likeness (QED) is 0.776. The lowest BCUT2D eigenvalue weighted by atomic mass is 10.0. The van der Waals surface area contributed by atoms with Gasteiger partial charge in [-0.05, 0) is 25.6 Å². The monoisotopic (exact) mass is 225 g/mol. The Morgan fingerprint density at radius 2 is 2.19 bits per heavy atom. The zero-order valence-corrected chi connectivity index (χ0v) is 9.76. The summed E-state index contributed by atoms with van der Waals surface area (Å²) in [5.41, 5.74) is 0.837. The van der Waals surface area contributed by atoms with E-state index in [-0.39, 0.29) is 18.1 Å². The molecule has 16 heavy (non-hydrogen) atoms. The van der Waals surface area contributed by atoms with Crippen LogP contribution in [0.5, 0.6) is 5.75 Å². The van der Waals surface area contributed by atoms with Gasteiger partial charge in [0.25, 0.3) is 0 Å². The Morgan fingerprint density at radius 1 is 1.50 bits per heavy atom. The molecule has 0 saturated carbocycles. The van der Waals surface area contributed by atoms with Crippen molar-refractivity contribution in [3.63, 3.8) is 0 Å². The highest BCUT2D eigenvalue weighted by molar-refractivity contribution is 5.98. The summed E-state index contributed by atoms with van der Waals surface area (Å²) in [7, 11) is 3.15. The standard InChI is InChI=1S/C12H16FNO2/c1-4-9-10(13)5-8(6-12(9)16-3)11(15)7-14-2/h5-6,14H,4,7H2,1-3H3. The Labute approximate surface area is 94.6 Å². The zero-order valence-electron chi connectivity index (χ0n) is 9.76. The number of hydrogen-bond acceptors (Lipinski definition) is 3. The van der Waals surface area contributed by atoms with Crippen LogP contribution in [0.25, 0.3) is 0 Å². The van der Waals surface area contributed by atoms with E-state index in [4.69, 9.17) is 4.74 Å². The van der Waals surface area contributed by atoms with E-state index in [9.17, 15) is 9.18 Å². The summed E-state index contributed by atoms with van der Waals surface area (Å²) < 4.78 is 18.7. The van der Waals surface area contributed by atoms with Crippen LogP contribution in [-0.4, -0.2) is 26.5 Å². The number of carbonyl (C=O) groups excluding carboxylic acids is 1. The van der Waals surface area contributed by atoms with Crippen molar-refractivity contribution in [2.24, 2.45) is 0 Å². The van der Waals surface area contributed by atoms with Crippen LogP contribution in [0.15, 0.2) is 12.1 Å². The van der Waals surface area contributed by atoms with Gasteiger partial charge in [0.15, 0.2) is 5.78 Å². The Balaban J connectivity index is 3.15. The van der Waals surface area contributed by atoms with E-state index in [1.807, 2.05) is 6.92 Å². The number of nitrogens with one attached hydrogen (secondary N) is 1. The summed E-state index contributed by atoms with van der Waals surface area (Å²) in [4.78, 5) is 11.6. The van der Waals surface area contributed by atoms with Crippen LogP contribution in [0.1, 0.15) is 22.8 Å². The number of Topliss-reactive ketones (excluding diaryl/α,β-unsaturated/α-hetero) is 1. The topological polar surface area (TPSA) is 38.3 Å². The second-order valence-electron chi connectivity index (χ2n) is 3.45. The third-order valence-corrected chi connectivity index (χ3v) is 2.39. The molecule has 4 heteroatoms. The van der Waals surface area contributed by atoms with Gasteiger partial charge in [-0.2, -0.15) is 0 Å². The first-order valence-corrected chi connectivity index (χ1v) is 5.18. The molecule has 0 fully saturated rings. The molecule has 0 atom stereocenters. The predicted molar refractivity (Wildman–Crippen MR) is 60.6 cm³/mol. The Hall–Kier alpha value is -1.42. The summed E-state index contributed by atoms with van der Waals surface area (Å²) in [6.07, 6.45) is 0.537. The summed E-state index contributed by atoms with van der Waals surface area (Å²) in [6.45, 7) is 2.03. The van der Waals surface area contributed by atoms with E-state index >= 15 is 0 Å². The van der Waals surface area contributed by atoms with Gasteiger partial charge in [0.2, 0.25) is 0 Å². The van der Waals surface area contributed by atoms with Gasteiger partial charge >= 0.3 is 0 Å². The van der Waals surface area contributed by atoms with Crippen LogP contribution >= 0.6 is 0 Å². The smallest absolute Gasteiger partial charge is 0.176 e. The zero-order chi connectivity index (χ0) is 12.1. The van der Waals surface area contributed by atoms with E-state index in [0.29, 0.717) is 23.3 Å². The summed E-state index contributed by atoms with van der Waals surface area (Å²) >= 11 is 0. The third-order valence-electron chi connectivity index (χ3n) is 2.39. The lowest BCUT2D eigenvalue weighted by Crippen LogP contribution is -2.19. The molecule has 0 aliphatic rings. The summed E-state index contributed by atoms with van der Waals surface area (Å²) in [6, 6.07) is 2.85. The first-order chi connectivity index (χ1) is 7.63. The molecular weight excluding hydrogens is 209 g/mol. The van der Waals surface area contributed by atoms with Crippen LogP contribution in [0.2, 0.25) is 0 Å². The largest absolute Gasteiger partial charge is 0.496 e. The predicted octanol–water partition coefficient (Wildman–Crippen LogP) is 1.80. The number of methoxy groups -OCH3 is 1. The van der Waals surface area contributed by atoms with Crippen LogP contribution in [0, 0.1) is 5.82 Å². The first kappa shape index (κ1) is 12.6. The van der Waals surface area contributed by atoms with Crippen molar-refractivity contribution in [3.8, 4) is 5.75 Å². The molecule has 0 heterocycles. The highest BCUT2D eigenvalue weighted by Gasteiger charge is 2.13. The number of carbonyl (C=O) groups is 1. The van der Waals surface area contributed by atoms with Crippen molar-refractivity contribution >= 4 is 5.78 Å².